The monoisotopic (exact) mass is 545 g/mol. The van der Waals surface area contributed by atoms with Gasteiger partial charge in [-0.1, -0.05) is 6.42 Å². The van der Waals surface area contributed by atoms with Crippen LogP contribution in [0, 0.1) is 11.7 Å². The Morgan fingerprint density at radius 1 is 1.13 bits per heavy atom. The Bertz CT molecular complexity index is 1620. The molecule has 2 atom stereocenters. The van der Waals surface area contributed by atoms with Crippen molar-refractivity contribution in [1.29, 1.82) is 0 Å². The zero-order valence-corrected chi connectivity index (χ0v) is 20.6. The topological polar surface area (TPSA) is 128 Å². The van der Waals surface area contributed by atoms with Crippen LogP contribution in [0.5, 0.6) is 5.75 Å². The number of anilines is 1. The van der Waals surface area contributed by atoms with Gasteiger partial charge in [-0.3, -0.25) is 14.2 Å². The number of rotatable bonds is 6. The summed E-state index contributed by atoms with van der Waals surface area (Å²) in [6.07, 6.45) is 2.78. The molecule has 1 aliphatic rings. The molecule has 1 aliphatic carbocycles. The van der Waals surface area contributed by atoms with Gasteiger partial charge < -0.3 is 10.1 Å². The van der Waals surface area contributed by atoms with Crippen molar-refractivity contribution in [3.05, 3.63) is 69.1 Å². The molecular weight excluding hydrogens is 522 g/mol. The minimum atomic E-state index is -4.84. The van der Waals surface area contributed by atoms with Crippen LogP contribution in [0.15, 0.2) is 46.6 Å². The number of ether oxygens (including phenoxy) is 1. The van der Waals surface area contributed by atoms with Gasteiger partial charge in [0.2, 0.25) is 0 Å². The highest BCUT2D eigenvalue weighted by Gasteiger charge is 2.38. The molecule has 3 aromatic heterocycles. The van der Waals surface area contributed by atoms with E-state index in [2.05, 4.69) is 25.4 Å². The van der Waals surface area contributed by atoms with E-state index in [0.717, 1.165) is 18.7 Å². The lowest BCUT2D eigenvalue weighted by molar-refractivity contribution is -0.138. The second-order valence-electron chi connectivity index (χ2n) is 9.36. The number of nitrogens with one attached hydrogen (secondary N) is 2. The van der Waals surface area contributed by atoms with Crippen LogP contribution in [0.2, 0.25) is 0 Å². The Balaban J connectivity index is 1.35. The SMILES string of the molecule is COc1cnc(-c2cc3ncn(C[C@@H]4CCC[C@H](Nc5cn[nH]c(=O)c5C(F)(F)F)C4)c(=O)c3cc2F)nc1. The number of aromatic amines is 1. The highest BCUT2D eigenvalue weighted by molar-refractivity contribution is 5.82. The van der Waals surface area contributed by atoms with Gasteiger partial charge in [0.25, 0.3) is 11.1 Å². The van der Waals surface area contributed by atoms with Crippen molar-refractivity contribution in [2.45, 2.75) is 44.4 Å². The van der Waals surface area contributed by atoms with Crippen molar-refractivity contribution in [2.75, 3.05) is 12.4 Å². The molecule has 0 aliphatic heterocycles. The summed E-state index contributed by atoms with van der Waals surface area (Å²) in [5.74, 6) is -0.213. The largest absolute Gasteiger partial charge is 0.494 e. The fraction of sp³-hybridized carbons (Fsp3) is 0.360. The first-order valence-corrected chi connectivity index (χ1v) is 12.1. The predicted octanol–water partition coefficient (Wildman–Crippen LogP) is 3.77. The van der Waals surface area contributed by atoms with Crippen molar-refractivity contribution in [1.82, 2.24) is 29.7 Å². The van der Waals surface area contributed by atoms with Crippen molar-refractivity contribution in [3.63, 3.8) is 0 Å². The van der Waals surface area contributed by atoms with Gasteiger partial charge in [-0.05, 0) is 37.3 Å². The fourth-order valence-corrected chi connectivity index (χ4v) is 4.92. The van der Waals surface area contributed by atoms with Crippen LogP contribution in [0.25, 0.3) is 22.3 Å². The molecule has 39 heavy (non-hydrogen) atoms. The summed E-state index contributed by atoms with van der Waals surface area (Å²) in [4.78, 5) is 37.4. The number of methoxy groups -OCH3 is 1. The average molecular weight is 545 g/mol. The van der Waals surface area contributed by atoms with E-state index >= 15 is 0 Å². The second kappa shape index (κ2) is 10.4. The van der Waals surface area contributed by atoms with E-state index in [1.165, 1.54) is 36.5 Å². The van der Waals surface area contributed by atoms with Gasteiger partial charge in [-0.2, -0.15) is 18.3 Å². The number of aromatic nitrogens is 6. The first kappa shape index (κ1) is 26.3. The van der Waals surface area contributed by atoms with Crippen LogP contribution < -0.4 is 21.2 Å². The van der Waals surface area contributed by atoms with E-state index in [4.69, 9.17) is 4.74 Å². The number of hydrogen-bond donors (Lipinski definition) is 2. The standard InChI is InChI=1S/C25H23F4N7O3/c1-39-15-8-30-22(31-9-15)16-7-19-17(6-18(16)26)24(38)36(12-32-19)11-13-3-2-4-14(5-13)34-20-10-33-35-23(37)21(20)25(27,28)29/h6-10,12-14H,2-5,11H2,1H3,(H2,34,35,37)/t13-,14+/m1/s1. The molecule has 0 bridgehead atoms. The highest BCUT2D eigenvalue weighted by Crippen LogP contribution is 2.34. The summed E-state index contributed by atoms with van der Waals surface area (Å²) in [6.45, 7) is 0.255. The van der Waals surface area contributed by atoms with Gasteiger partial charge in [-0.15, -0.1) is 0 Å². The molecule has 10 nitrogen and oxygen atoms in total. The summed E-state index contributed by atoms with van der Waals surface area (Å²) in [5, 5.41) is 8.22. The average Bonchev–Trinajstić information content (AvgIpc) is 2.90. The third-order valence-electron chi connectivity index (χ3n) is 6.75. The molecular formula is C25H23F4N7O3. The van der Waals surface area contributed by atoms with E-state index in [9.17, 15) is 27.2 Å². The molecule has 0 unspecified atom stereocenters. The highest BCUT2D eigenvalue weighted by atomic mass is 19.4. The molecule has 4 aromatic rings. The summed E-state index contributed by atoms with van der Waals surface area (Å²) in [7, 11) is 1.46. The minimum absolute atomic E-state index is 0.0608. The number of hydrogen-bond acceptors (Lipinski definition) is 8. The van der Waals surface area contributed by atoms with Crippen molar-refractivity contribution < 1.29 is 22.3 Å². The smallest absolute Gasteiger partial charge is 0.423 e. The van der Waals surface area contributed by atoms with Crippen molar-refractivity contribution >= 4 is 16.6 Å². The Kier molecular flexibility index (Phi) is 7.02. The van der Waals surface area contributed by atoms with E-state index in [1.54, 1.807) is 0 Å². The van der Waals surface area contributed by atoms with Crippen LogP contribution in [0.4, 0.5) is 23.2 Å². The third-order valence-corrected chi connectivity index (χ3v) is 6.75. The number of H-pyrrole nitrogens is 1. The maximum absolute atomic E-state index is 15.0. The quantitative estimate of drug-likeness (QED) is 0.351. The van der Waals surface area contributed by atoms with Gasteiger partial charge in [0.05, 0.1) is 54.2 Å². The maximum Gasteiger partial charge on any atom is 0.423 e. The lowest BCUT2D eigenvalue weighted by atomic mass is 9.85. The molecule has 5 rings (SSSR count). The lowest BCUT2D eigenvalue weighted by Crippen LogP contribution is -2.34. The Morgan fingerprint density at radius 3 is 2.62 bits per heavy atom. The van der Waals surface area contributed by atoms with E-state index in [0.29, 0.717) is 25.0 Å². The summed E-state index contributed by atoms with van der Waals surface area (Å²) in [6, 6.07) is 2.16. The normalized spacial score (nSPS) is 17.8. The maximum atomic E-state index is 15.0. The van der Waals surface area contributed by atoms with Crippen LogP contribution in [-0.4, -0.2) is 42.9 Å². The molecule has 0 radical (unpaired) electrons. The van der Waals surface area contributed by atoms with E-state index < -0.39 is 28.7 Å². The molecule has 2 N–H and O–H groups in total. The van der Waals surface area contributed by atoms with Gasteiger partial charge >= 0.3 is 6.18 Å². The molecule has 0 spiro atoms. The Hall–Kier alpha value is -4.36. The molecule has 0 saturated heterocycles. The second-order valence-corrected chi connectivity index (χ2v) is 9.36. The molecule has 1 saturated carbocycles. The van der Waals surface area contributed by atoms with Gasteiger partial charge in [0.1, 0.15) is 11.4 Å². The number of fused-ring (bicyclic) bond motifs is 1. The zero-order chi connectivity index (χ0) is 27.7. The predicted molar refractivity (Wildman–Crippen MR) is 133 cm³/mol. The first-order chi connectivity index (χ1) is 18.6. The summed E-state index contributed by atoms with van der Waals surface area (Å²) >= 11 is 0. The molecule has 3 heterocycles. The fourth-order valence-electron chi connectivity index (χ4n) is 4.92. The van der Waals surface area contributed by atoms with Crippen LogP contribution in [-0.2, 0) is 12.7 Å². The minimum Gasteiger partial charge on any atom is -0.494 e. The van der Waals surface area contributed by atoms with Crippen molar-refractivity contribution in [3.8, 4) is 17.1 Å². The third kappa shape index (κ3) is 5.45. The van der Waals surface area contributed by atoms with Gasteiger partial charge in [0.15, 0.2) is 11.6 Å². The van der Waals surface area contributed by atoms with Crippen molar-refractivity contribution in [2.24, 2.45) is 5.92 Å². The molecule has 14 heteroatoms. The number of halogens is 4. The van der Waals surface area contributed by atoms with E-state index in [1.807, 2.05) is 5.10 Å². The van der Waals surface area contributed by atoms with Gasteiger partial charge in [-0.25, -0.2) is 24.4 Å². The van der Waals surface area contributed by atoms with E-state index in [-0.39, 0.29) is 46.5 Å². The van der Waals surface area contributed by atoms with Crippen LogP contribution in [0.1, 0.15) is 31.2 Å². The number of alkyl halides is 3. The number of nitrogens with zero attached hydrogens (tertiary/aromatic N) is 5. The first-order valence-electron chi connectivity index (χ1n) is 12.1. The zero-order valence-electron chi connectivity index (χ0n) is 20.6. The molecule has 204 valence electrons. The van der Waals surface area contributed by atoms with Crippen LogP contribution >= 0.6 is 0 Å². The molecule has 0 amide bonds. The van der Waals surface area contributed by atoms with Crippen LogP contribution in [0.3, 0.4) is 0 Å². The summed E-state index contributed by atoms with van der Waals surface area (Å²) < 4.78 is 61.6. The Labute approximate surface area is 218 Å². The molecule has 1 aromatic carbocycles. The molecule has 1 fully saturated rings. The Morgan fingerprint density at radius 2 is 1.90 bits per heavy atom. The lowest BCUT2D eigenvalue weighted by Gasteiger charge is -2.31. The van der Waals surface area contributed by atoms with Gasteiger partial charge in [0, 0.05) is 12.6 Å². The summed E-state index contributed by atoms with van der Waals surface area (Å²) in [5.41, 5.74) is -3.10. The number of benzene rings is 1.